The van der Waals surface area contributed by atoms with Gasteiger partial charge in [-0.25, -0.2) is 0 Å². The highest BCUT2D eigenvalue weighted by Gasteiger charge is 2.40. The molecule has 1 fully saturated rings. The molecular weight excluding hydrogens is 1060 g/mol. The zero-order valence-electron chi connectivity index (χ0n) is 57.9. The zero-order valence-corrected chi connectivity index (χ0v) is 57.9. The number of carbonyl (C=O) groups is 2. The van der Waals surface area contributed by atoms with Crippen molar-refractivity contribution in [1.29, 1.82) is 0 Å². The van der Waals surface area contributed by atoms with Crippen molar-refractivity contribution in [2.45, 2.75) is 392 Å². The number of hydrogen-bond acceptors (Lipinski definition) is 7. The van der Waals surface area contributed by atoms with Gasteiger partial charge in [0.1, 0.15) is 12.2 Å². The summed E-state index contributed by atoms with van der Waals surface area (Å²) in [7, 11) is 4.29. The lowest BCUT2D eigenvalue weighted by Crippen LogP contribution is -2.31. The Morgan fingerprint density at radius 3 is 1.10 bits per heavy atom. The third-order valence-electron chi connectivity index (χ3n) is 17.3. The van der Waals surface area contributed by atoms with Crippen LogP contribution in [0.1, 0.15) is 369 Å². The van der Waals surface area contributed by atoms with Crippen LogP contribution in [0.5, 0.6) is 0 Å². The van der Waals surface area contributed by atoms with Gasteiger partial charge >= 0.3 is 11.9 Å². The fourth-order valence-corrected chi connectivity index (χ4v) is 11.7. The summed E-state index contributed by atoms with van der Waals surface area (Å²) in [5, 5.41) is 0. The van der Waals surface area contributed by atoms with Crippen LogP contribution in [0.4, 0.5) is 0 Å². The lowest BCUT2D eigenvalue weighted by Gasteiger charge is -2.29. The summed E-state index contributed by atoms with van der Waals surface area (Å²) in [6.45, 7) is 10.8. The van der Waals surface area contributed by atoms with Gasteiger partial charge in [-0.2, -0.15) is 0 Å². The highest BCUT2D eigenvalue weighted by molar-refractivity contribution is 5.69. The summed E-state index contributed by atoms with van der Waals surface area (Å²) in [6, 6.07) is 0. The van der Waals surface area contributed by atoms with E-state index in [9.17, 15) is 9.59 Å². The van der Waals surface area contributed by atoms with Gasteiger partial charge in [-0.15, -0.1) is 0 Å². The second-order valence-corrected chi connectivity index (χ2v) is 26.2. The Morgan fingerprint density at radius 1 is 0.419 bits per heavy atom. The number of unbranched alkanes of at least 4 members (excludes halogenated alkanes) is 34. The fourth-order valence-electron chi connectivity index (χ4n) is 11.7. The van der Waals surface area contributed by atoms with Gasteiger partial charge in [0.25, 0.3) is 0 Å². The van der Waals surface area contributed by atoms with Crippen LogP contribution >= 0.6 is 0 Å². The number of allylic oxidation sites excluding steroid dienone is 10. The van der Waals surface area contributed by atoms with Crippen molar-refractivity contribution in [3.8, 4) is 0 Å². The van der Waals surface area contributed by atoms with Crippen LogP contribution in [0.25, 0.3) is 0 Å². The highest BCUT2D eigenvalue weighted by Crippen LogP contribution is 2.36. The molecule has 0 N–H and O–H groups in total. The molecule has 0 spiro atoms. The molecule has 1 rings (SSSR count). The molecule has 1 aliphatic rings. The predicted molar refractivity (Wildman–Crippen MR) is 376 cm³/mol. The molecule has 86 heavy (non-hydrogen) atoms. The first kappa shape index (κ1) is 81.3. The van der Waals surface area contributed by atoms with E-state index in [0.29, 0.717) is 12.8 Å². The van der Waals surface area contributed by atoms with Crippen molar-refractivity contribution in [2.24, 2.45) is 0 Å². The molecule has 1 aliphatic heterocycles. The summed E-state index contributed by atoms with van der Waals surface area (Å²) in [5.41, 5.74) is 0. The molecule has 502 valence electrons. The molecule has 7 nitrogen and oxygen atoms in total. The number of carbonyl (C=O) groups excluding carboxylic acids is 2. The minimum atomic E-state index is -0.401. The monoisotopic (exact) mass is 1200 g/mol. The molecule has 3 atom stereocenters. The van der Waals surface area contributed by atoms with Crippen molar-refractivity contribution < 1.29 is 30.0 Å². The molecule has 0 aromatic heterocycles. The lowest BCUT2D eigenvalue weighted by molar-refractivity contribution is -0.180. The van der Waals surface area contributed by atoms with E-state index in [1.54, 1.807) is 0 Å². The first-order valence-electron chi connectivity index (χ1n) is 37.5. The predicted octanol–water partition coefficient (Wildman–Crippen LogP) is 24.8. The van der Waals surface area contributed by atoms with Crippen LogP contribution in [0.2, 0.25) is 0 Å². The largest absolute Gasteiger partial charge is 0.462 e. The van der Waals surface area contributed by atoms with Gasteiger partial charge < -0.3 is 23.8 Å². The van der Waals surface area contributed by atoms with Gasteiger partial charge in [0, 0.05) is 46.5 Å². The number of esters is 2. The van der Waals surface area contributed by atoms with Gasteiger partial charge in [-0.1, -0.05) is 255 Å². The van der Waals surface area contributed by atoms with E-state index in [1.807, 2.05) is 0 Å². The normalized spacial score (nSPS) is 15.4. The van der Waals surface area contributed by atoms with E-state index in [1.165, 1.54) is 205 Å². The Balaban J connectivity index is 0.0000740. The number of nitrogens with zero attached hydrogens (tertiary/aromatic N) is 1. The summed E-state index contributed by atoms with van der Waals surface area (Å²) >= 11 is 0. The maximum atomic E-state index is 12.9. The van der Waals surface area contributed by atoms with Crippen LogP contribution in [0.15, 0.2) is 72.9 Å². The molecule has 0 amide bonds. The molecule has 1 unspecified atom stereocenters. The summed E-state index contributed by atoms with van der Waals surface area (Å²) in [6.07, 6.45) is 88.9. The Hall–Kier alpha value is -2.74. The zero-order chi connectivity index (χ0) is 62.2. The topological polar surface area (TPSA) is 74.3 Å². The number of hydrogen-bond donors (Lipinski definition) is 0. The Morgan fingerprint density at radius 2 is 0.733 bits per heavy atom. The van der Waals surface area contributed by atoms with Crippen LogP contribution < -0.4 is 0 Å². The molecule has 0 bridgehead atoms. The van der Waals surface area contributed by atoms with Crippen molar-refractivity contribution in [2.75, 3.05) is 27.2 Å². The Bertz CT molecular complexity index is 1550. The second kappa shape index (κ2) is 63.8. The van der Waals surface area contributed by atoms with Gasteiger partial charge in [-0.05, 0) is 162 Å². The lowest BCUT2D eigenvalue weighted by atomic mass is 9.98. The maximum Gasteiger partial charge on any atom is 0.306 e. The van der Waals surface area contributed by atoms with Crippen molar-refractivity contribution in [1.82, 2.24) is 4.90 Å². The first-order valence-corrected chi connectivity index (χ1v) is 37.5. The molecule has 1 saturated heterocycles. The average molecular weight is 1210 g/mol. The molecule has 1 heterocycles. The molecule has 0 aromatic carbocycles. The number of ether oxygens (including phenoxy) is 4. The fraction of sp³-hybridized carbons (Fsp3) is 0.823. The molecule has 0 aliphatic carbocycles. The van der Waals surface area contributed by atoms with Crippen LogP contribution in [-0.2, 0) is 28.5 Å². The Labute approximate surface area is 536 Å². The van der Waals surface area contributed by atoms with E-state index in [0.717, 1.165) is 135 Å². The van der Waals surface area contributed by atoms with E-state index in [2.05, 4.69) is 120 Å². The summed E-state index contributed by atoms with van der Waals surface area (Å²) in [4.78, 5) is 28.0. The summed E-state index contributed by atoms with van der Waals surface area (Å²) < 4.78 is 25.5. The van der Waals surface area contributed by atoms with Gasteiger partial charge in [0.2, 0.25) is 0 Å². The minimum absolute atomic E-state index is 0. The first-order chi connectivity index (χ1) is 42.3. The minimum Gasteiger partial charge on any atom is -0.462 e. The third-order valence-corrected chi connectivity index (χ3v) is 17.3. The van der Waals surface area contributed by atoms with E-state index < -0.39 is 5.79 Å². The maximum absolute atomic E-state index is 12.9. The molecule has 0 radical (unpaired) electrons. The van der Waals surface area contributed by atoms with Crippen molar-refractivity contribution >= 4 is 11.9 Å². The van der Waals surface area contributed by atoms with Crippen molar-refractivity contribution in [3.63, 3.8) is 0 Å². The van der Waals surface area contributed by atoms with Gasteiger partial charge in [0.05, 0.1) is 12.7 Å². The van der Waals surface area contributed by atoms with E-state index in [-0.39, 0.29) is 31.7 Å². The van der Waals surface area contributed by atoms with Crippen molar-refractivity contribution in [3.05, 3.63) is 72.9 Å². The SMILES string of the molecule is CCCCC/C=C\C/C=C\CCCCCCCC(=O)O[C@@H](C/C=C\CCCCCCCCC1(CCCCCCCC/C=C\C[C@@H](CCCCCC)OC(=O)CCCCCCC/C=C\C/C=C\CCCCC)OCC(CCN(C)C)O1)CCCCCC.[HH]. The highest BCUT2D eigenvalue weighted by atomic mass is 16.7. The molecule has 7 heteroatoms. The van der Waals surface area contributed by atoms with Crippen LogP contribution in [0.3, 0.4) is 0 Å². The smallest absolute Gasteiger partial charge is 0.306 e. The second-order valence-electron chi connectivity index (χ2n) is 26.2. The molecule has 0 aromatic rings. The quantitative estimate of drug-likeness (QED) is 0.0341. The standard InChI is InChI=1S/C79H143NO6.H2/c1-7-11-15-19-21-23-25-27-29-31-33-39-45-51-59-67-77(81)84-74(63-55-17-13-9-3)65-57-49-43-37-35-41-47-53-61-70-79(83-73-76(86-79)69-72-80(5)6)71-62-54-48-42-36-38-44-50-58-66-75(64-56-18-14-10-4)85-78(82)68-60-52-46-40-34-32-30-28-26-24-22-20-16-12-8-2;/h21-24,27-30,49-50,57-58,74-76H,7-20,25-26,31-48,51-56,59-73H2,1-6H3;1H/b23-21-,24-22-,29-27-,30-28-,57-49-,58-50-;/t74-,75-,76?;/m1./s1. The Kier molecular flexibility index (Phi) is 60.3. The summed E-state index contributed by atoms with van der Waals surface area (Å²) in [5.74, 6) is -0.399. The third kappa shape index (κ3) is 55.3. The van der Waals surface area contributed by atoms with Crippen LogP contribution in [-0.4, -0.2) is 68.2 Å². The van der Waals surface area contributed by atoms with Gasteiger partial charge in [-0.3, -0.25) is 9.59 Å². The molecule has 0 saturated carbocycles. The number of rotatable bonds is 65. The van der Waals surface area contributed by atoms with Crippen LogP contribution in [0, 0.1) is 0 Å². The van der Waals surface area contributed by atoms with Gasteiger partial charge in [0.15, 0.2) is 5.79 Å². The molecular formula is C79H145NO6. The van der Waals surface area contributed by atoms with E-state index >= 15 is 0 Å². The van der Waals surface area contributed by atoms with E-state index in [4.69, 9.17) is 18.9 Å². The average Bonchev–Trinajstić information content (AvgIpc) is 2.66.